The zero-order valence-electron chi connectivity index (χ0n) is 12.1. The van der Waals surface area contributed by atoms with Crippen LogP contribution in [0.5, 0.6) is 0 Å². The molecule has 0 N–H and O–H groups in total. The van der Waals surface area contributed by atoms with Gasteiger partial charge in [-0.05, 0) is 26.2 Å². The maximum atomic E-state index is 2.38. The Kier molecular flexibility index (Phi) is 13.2. The summed E-state index contributed by atoms with van der Waals surface area (Å²) in [5, 5.41) is 0. The molecule has 0 amide bonds. The average molecular weight is 225 g/mol. The molecular formula is C14H32BN. The van der Waals surface area contributed by atoms with Crippen molar-refractivity contribution in [3.05, 3.63) is 0 Å². The first-order valence-corrected chi connectivity index (χ1v) is 7.09. The minimum atomic E-state index is 0. The standard InChI is InChI=1S/C14H32N.B/c1-5-9-12-15(8-4,13-10-6-2)14-11-7-3;/h5-14H2,1-4H3;/q+1;-1. The van der Waals surface area contributed by atoms with Crippen LogP contribution in [0.25, 0.3) is 0 Å². The molecule has 0 rings (SSSR count). The average Bonchev–Trinajstić information content (AvgIpc) is 2.29. The van der Waals surface area contributed by atoms with Crippen LogP contribution in [0.3, 0.4) is 0 Å². The highest BCUT2D eigenvalue weighted by atomic mass is 15.3. The Bertz CT molecular complexity index is 115. The lowest BCUT2D eigenvalue weighted by Crippen LogP contribution is -2.49. The minimum Gasteiger partial charge on any atom is -1.00 e. The van der Waals surface area contributed by atoms with E-state index in [1.807, 2.05) is 0 Å². The van der Waals surface area contributed by atoms with Crippen molar-refractivity contribution in [2.24, 2.45) is 0 Å². The molecule has 0 fully saturated rings. The van der Waals surface area contributed by atoms with Crippen LogP contribution < -0.4 is 0 Å². The summed E-state index contributed by atoms with van der Waals surface area (Å²) in [6.07, 6.45) is 8.25. The third kappa shape index (κ3) is 7.32. The predicted molar refractivity (Wildman–Crippen MR) is 75.9 cm³/mol. The number of hydrogen-bond acceptors (Lipinski definition) is 0. The second-order valence-corrected chi connectivity index (χ2v) is 4.89. The molecule has 0 aromatic heterocycles. The maximum Gasteiger partial charge on any atom is 0.0786 e. The normalized spacial score (nSPS) is 11.2. The molecule has 0 heterocycles. The molecular weight excluding hydrogens is 193 g/mol. The summed E-state index contributed by atoms with van der Waals surface area (Å²) in [6, 6.07) is 0. The van der Waals surface area contributed by atoms with Crippen molar-refractivity contribution in [3.63, 3.8) is 0 Å². The maximum absolute atomic E-state index is 2.38. The molecule has 1 nitrogen and oxygen atoms in total. The predicted octanol–water partition coefficient (Wildman–Crippen LogP) is 3.84. The van der Waals surface area contributed by atoms with Crippen molar-refractivity contribution in [2.45, 2.75) is 66.2 Å². The molecule has 4 radical (unpaired) electrons. The molecule has 0 saturated carbocycles. The second kappa shape index (κ2) is 11.5. The number of quaternary nitrogens is 1. The topological polar surface area (TPSA) is 0 Å². The van der Waals surface area contributed by atoms with Gasteiger partial charge in [0.25, 0.3) is 0 Å². The van der Waals surface area contributed by atoms with Crippen molar-refractivity contribution in [1.29, 1.82) is 0 Å². The summed E-state index contributed by atoms with van der Waals surface area (Å²) >= 11 is 0. The Morgan fingerprint density at radius 2 is 0.938 bits per heavy atom. The van der Waals surface area contributed by atoms with Crippen LogP contribution in [0, 0.1) is 0 Å². The number of nitrogens with zero attached hydrogens (tertiary/aromatic N) is 1. The zero-order valence-corrected chi connectivity index (χ0v) is 12.1. The Hall–Kier alpha value is 0.0249. The van der Waals surface area contributed by atoms with Crippen LogP contribution in [0.15, 0.2) is 0 Å². The second-order valence-electron chi connectivity index (χ2n) is 4.89. The smallest absolute Gasteiger partial charge is 0.0786 e. The summed E-state index contributed by atoms with van der Waals surface area (Å²) in [4.78, 5) is 0. The largest absolute Gasteiger partial charge is 1.00 e. The Morgan fingerprint density at radius 3 is 1.12 bits per heavy atom. The molecule has 0 bridgehead atoms. The van der Waals surface area contributed by atoms with E-state index in [1.165, 1.54) is 69.2 Å². The van der Waals surface area contributed by atoms with Gasteiger partial charge in [-0.15, -0.1) is 0 Å². The fourth-order valence-electron chi connectivity index (χ4n) is 2.29. The minimum absolute atomic E-state index is 0. The van der Waals surface area contributed by atoms with Crippen LogP contribution in [0.1, 0.15) is 66.2 Å². The van der Waals surface area contributed by atoms with Crippen molar-refractivity contribution in [3.8, 4) is 0 Å². The van der Waals surface area contributed by atoms with Gasteiger partial charge in [-0.25, -0.2) is 0 Å². The fraction of sp³-hybridized carbons (Fsp3) is 1.00. The summed E-state index contributed by atoms with van der Waals surface area (Å²) in [7, 11) is 0. The van der Waals surface area contributed by atoms with E-state index in [9.17, 15) is 0 Å². The molecule has 2 heteroatoms. The molecule has 0 unspecified atom stereocenters. The van der Waals surface area contributed by atoms with Gasteiger partial charge >= 0.3 is 0 Å². The van der Waals surface area contributed by atoms with E-state index in [0.717, 1.165) is 0 Å². The monoisotopic (exact) mass is 225 g/mol. The quantitative estimate of drug-likeness (QED) is 0.391. The van der Waals surface area contributed by atoms with Gasteiger partial charge in [0.15, 0.2) is 0 Å². The molecule has 0 aromatic rings. The highest BCUT2D eigenvalue weighted by Gasteiger charge is 2.22. The van der Waals surface area contributed by atoms with Crippen LogP contribution in [-0.2, 0) is 0 Å². The number of rotatable bonds is 10. The molecule has 16 heavy (non-hydrogen) atoms. The number of unbranched alkanes of at least 4 members (excludes halogenated alkanes) is 3. The molecule has 0 aromatic carbocycles. The molecule has 0 saturated heterocycles. The van der Waals surface area contributed by atoms with Crippen LogP contribution in [-0.4, -0.2) is 39.1 Å². The van der Waals surface area contributed by atoms with Gasteiger partial charge in [0.05, 0.1) is 26.2 Å². The lowest BCUT2D eigenvalue weighted by Gasteiger charge is -2.38. The summed E-state index contributed by atoms with van der Waals surface area (Å²) in [5.74, 6) is 0. The summed E-state index contributed by atoms with van der Waals surface area (Å²) in [5.41, 5.74) is 0. The highest BCUT2D eigenvalue weighted by molar-refractivity contribution is 5.75. The van der Waals surface area contributed by atoms with Gasteiger partial charge in [0.2, 0.25) is 0 Å². The van der Waals surface area contributed by atoms with Gasteiger partial charge in [0.1, 0.15) is 0 Å². The Labute approximate surface area is 106 Å². The van der Waals surface area contributed by atoms with Gasteiger partial charge < -0.3 is 12.9 Å². The number of hydrogen-bond donors (Lipinski definition) is 0. The molecule has 0 atom stereocenters. The first-order chi connectivity index (χ1) is 7.24. The van der Waals surface area contributed by atoms with E-state index in [2.05, 4.69) is 27.7 Å². The van der Waals surface area contributed by atoms with Gasteiger partial charge in [-0.3, -0.25) is 0 Å². The van der Waals surface area contributed by atoms with E-state index in [-0.39, 0.29) is 8.41 Å². The van der Waals surface area contributed by atoms with E-state index in [4.69, 9.17) is 0 Å². The fourth-order valence-corrected chi connectivity index (χ4v) is 2.29. The SMILES string of the molecule is CCCC[N+](CC)(CCCC)CCCC.[B-]. The first kappa shape index (κ1) is 18.4. The highest BCUT2D eigenvalue weighted by Crippen LogP contribution is 2.14. The molecule has 0 aliphatic heterocycles. The zero-order chi connectivity index (χ0) is 11.6. The molecule has 96 valence electrons. The van der Waals surface area contributed by atoms with Crippen molar-refractivity contribution in [1.82, 2.24) is 0 Å². The lowest BCUT2D eigenvalue weighted by atomic mass is 10.1. The summed E-state index contributed by atoms with van der Waals surface area (Å²) in [6.45, 7) is 14.9. The van der Waals surface area contributed by atoms with Crippen molar-refractivity contribution in [2.75, 3.05) is 26.2 Å². The third-order valence-electron chi connectivity index (χ3n) is 3.63. The van der Waals surface area contributed by atoms with Gasteiger partial charge in [-0.2, -0.15) is 0 Å². The molecule has 0 aliphatic carbocycles. The first-order valence-electron chi connectivity index (χ1n) is 7.09. The van der Waals surface area contributed by atoms with Crippen molar-refractivity contribution < 1.29 is 4.48 Å². The molecule has 0 aliphatic rings. The lowest BCUT2D eigenvalue weighted by molar-refractivity contribution is -0.927. The third-order valence-corrected chi connectivity index (χ3v) is 3.63. The molecule has 0 spiro atoms. The Balaban J connectivity index is 0. The van der Waals surface area contributed by atoms with E-state index in [1.54, 1.807) is 0 Å². The summed E-state index contributed by atoms with van der Waals surface area (Å²) < 4.78 is 1.38. The van der Waals surface area contributed by atoms with Crippen LogP contribution in [0.4, 0.5) is 0 Å². The van der Waals surface area contributed by atoms with Crippen LogP contribution in [0.2, 0.25) is 0 Å². The Morgan fingerprint density at radius 1 is 0.625 bits per heavy atom. The van der Waals surface area contributed by atoms with E-state index >= 15 is 0 Å². The van der Waals surface area contributed by atoms with E-state index in [0.29, 0.717) is 0 Å². The van der Waals surface area contributed by atoms with Crippen molar-refractivity contribution >= 4 is 8.41 Å². The van der Waals surface area contributed by atoms with Crippen LogP contribution >= 0.6 is 0 Å². The van der Waals surface area contributed by atoms with E-state index < -0.39 is 0 Å². The van der Waals surface area contributed by atoms with Gasteiger partial charge in [0, 0.05) is 0 Å². The van der Waals surface area contributed by atoms with Gasteiger partial charge in [-0.1, -0.05) is 40.0 Å².